The number of nitrogen functional groups attached to an aromatic ring is 1. The lowest BCUT2D eigenvalue weighted by molar-refractivity contribution is 0.1000. The second-order valence-electron chi connectivity index (χ2n) is 3.90. The van der Waals surface area contributed by atoms with E-state index in [1.165, 1.54) is 16.9 Å². The van der Waals surface area contributed by atoms with Gasteiger partial charge in [0.15, 0.2) is 5.82 Å². The van der Waals surface area contributed by atoms with Crippen LogP contribution in [-0.4, -0.2) is 20.7 Å². The zero-order valence-corrected chi connectivity index (χ0v) is 10.7. The first-order chi connectivity index (χ1) is 8.41. The van der Waals surface area contributed by atoms with Crippen LogP contribution < -0.4 is 11.5 Å². The number of halogens is 1. The van der Waals surface area contributed by atoms with Crippen LogP contribution in [0, 0.1) is 13.8 Å². The summed E-state index contributed by atoms with van der Waals surface area (Å²) in [6.45, 7) is 3.55. The molecule has 0 aromatic carbocycles. The number of hydrogen-bond donors (Lipinski definition) is 2. The molecule has 0 atom stereocenters. The molecule has 0 aliphatic heterocycles. The van der Waals surface area contributed by atoms with Gasteiger partial charge in [0.25, 0.3) is 5.91 Å². The van der Waals surface area contributed by atoms with Crippen LogP contribution >= 0.6 is 11.6 Å². The van der Waals surface area contributed by atoms with Gasteiger partial charge in [-0.1, -0.05) is 11.6 Å². The van der Waals surface area contributed by atoms with Gasteiger partial charge < -0.3 is 11.5 Å². The van der Waals surface area contributed by atoms with E-state index in [0.29, 0.717) is 27.9 Å². The van der Waals surface area contributed by atoms with Gasteiger partial charge in [-0.25, -0.2) is 9.67 Å². The van der Waals surface area contributed by atoms with E-state index >= 15 is 0 Å². The standard InChI is InChI=1S/C11H12ClN5O/c1-5-9(12)6(2)17(16-5)11-8(10(14)18)3-7(13)4-15-11/h3-4H,13H2,1-2H3,(H2,14,18). The number of aromatic nitrogens is 3. The van der Waals surface area contributed by atoms with E-state index in [-0.39, 0.29) is 5.56 Å². The molecule has 0 fully saturated rings. The SMILES string of the molecule is Cc1nn(-c2ncc(N)cc2C(N)=O)c(C)c1Cl. The van der Waals surface area contributed by atoms with E-state index in [4.69, 9.17) is 23.1 Å². The summed E-state index contributed by atoms with van der Waals surface area (Å²) >= 11 is 6.06. The molecule has 4 N–H and O–H groups in total. The lowest BCUT2D eigenvalue weighted by atomic mass is 10.2. The molecule has 0 radical (unpaired) electrons. The lowest BCUT2D eigenvalue weighted by Crippen LogP contribution is -2.17. The third kappa shape index (κ3) is 1.91. The van der Waals surface area contributed by atoms with Crippen molar-refractivity contribution >= 4 is 23.2 Å². The maximum absolute atomic E-state index is 11.4. The first-order valence-corrected chi connectivity index (χ1v) is 5.57. The third-order valence-electron chi connectivity index (χ3n) is 2.56. The number of carbonyl (C=O) groups is 1. The number of carbonyl (C=O) groups excluding carboxylic acids is 1. The van der Waals surface area contributed by atoms with E-state index in [1.807, 2.05) is 0 Å². The van der Waals surface area contributed by atoms with E-state index in [2.05, 4.69) is 10.1 Å². The van der Waals surface area contributed by atoms with Crippen molar-refractivity contribution in [2.75, 3.05) is 5.73 Å². The molecule has 2 heterocycles. The summed E-state index contributed by atoms with van der Waals surface area (Å²) in [4.78, 5) is 15.5. The second kappa shape index (κ2) is 4.30. The van der Waals surface area contributed by atoms with Gasteiger partial charge in [0.2, 0.25) is 0 Å². The van der Waals surface area contributed by atoms with Gasteiger partial charge in [-0.2, -0.15) is 5.10 Å². The molecule has 7 heteroatoms. The van der Waals surface area contributed by atoms with Crippen molar-refractivity contribution in [3.63, 3.8) is 0 Å². The molecule has 2 aromatic rings. The highest BCUT2D eigenvalue weighted by atomic mass is 35.5. The molecular weight excluding hydrogens is 254 g/mol. The van der Waals surface area contributed by atoms with Crippen molar-refractivity contribution in [1.29, 1.82) is 0 Å². The highest BCUT2D eigenvalue weighted by molar-refractivity contribution is 6.31. The number of nitrogens with two attached hydrogens (primary N) is 2. The molecule has 2 aromatic heterocycles. The van der Waals surface area contributed by atoms with Crippen molar-refractivity contribution < 1.29 is 4.79 Å². The van der Waals surface area contributed by atoms with E-state index in [0.717, 1.165) is 0 Å². The lowest BCUT2D eigenvalue weighted by Gasteiger charge is -2.08. The number of pyridine rings is 1. The summed E-state index contributed by atoms with van der Waals surface area (Å²) < 4.78 is 1.48. The number of hydrogen-bond acceptors (Lipinski definition) is 4. The maximum atomic E-state index is 11.4. The first kappa shape index (κ1) is 12.4. The molecule has 6 nitrogen and oxygen atoms in total. The van der Waals surface area contributed by atoms with Gasteiger partial charge in [-0.15, -0.1) is 0 Å². The Labute approximate surface area is 109 Å². The summed E-state index contributed by atoms with van der Waals surface area (Å²) in [7, 11) is 0. The van der Waals surface area contributed by atoms with Crippen molar-refractivity contribution in [3.8, 4) is 5.82 Å². The fraction of sp³-hybridized carbons (Fsp3) is 0.182. The normalized spacial score (nSPS) is 10.6. The molecule has 2 rings (SSSR count). The minimum Gasteiger partial charge on any atom is -0.397 e. The molecule has 0 saturated heterocycles. The average Bonchev–Trinajstić information content (AvgIpc) is 2.57. The fourth-order valence-corrected chi connectivity index (χ4v) is 1.77. The Morgan fingerprint density at radius 1 is 1.44 bits per heavy atom. The average molecular weight is 266 g/mol. The summed E-state index contributed by atoms with van der Waals surface area (Å²) in [5, 5.41) is 4.76. The van der Waals surface area contributed by atoms with Crippen molar-refractivity contribution in [2.45, 2.75) is 13.8 Å². The number of nitrogens with zero attached hydrogens (tertiary/aromatic N) is 3. The zero-order valence-electron chi connectivity index (χ0n) is 9.94. The van der Waals surface area contributed by atoms with Gasteiger partial charge in [0, 0.05) is 0 Å². The van der Waals surface area contributed by atoms with Crippen LogP contribution in [0.1, 0.15) is 21.7 Å². The Bertz CT molecular complexity index is 635. The van der Waals surface area contributed by atoms with Gasteiger partial charge in [0.05, 0.1) is 33.9 Å². The monoisotopic (exact) mass is 265 g/mol. The van der Waals surface area contributed by atoms with Crippen LogP contribution in [-0.2, 0) is 0 Å². The predicted molar refractivity (Wildman–Crippen MR) is 68.8 cm³/mol. The molecule has 94 valence electrons. The van der Waals surface area contributed by atoms with Crippen LogP contribution in [0.3, 0.4) is 0 Å². The molecule has 0 aliphatic carbocycles. The van der Waals surface area contributed by atoms with Crippen molar-refractivity contribution in [1.82, 2.24) is 14.8 Å². The van der Waals surface area contributed by atoms with Gasteiger partial charge in [0.1, 0.15) is 0 Å². The second-order valence-corrected chi connectivity index (χ2v) is 4.28. The summed E-state index contributed by atoms with van der Waals surface area (Å²) in [6.07, 6.45) is 1.44. The molecule has 0 unspecified atom stereocenters. The molecule has 0 spiro atoms. The summed E-state index contributed by atoms with van der Waals surface area (Å²) in [6, 6.07) is 1.47. The quantitative estimate of drug-likeness (QED) is 0.852. The zero-order chi connectivity index (χ0) is 13.4. The van der Waals surface area contributed by atoms with Crippen molar-refractivity contribution in [2.24, 2.45) is 5.73 Å². The molecule has 18 heavy (non-hydrogen) atoms. The van der Waals surface area contributed by atoms with Crippen LogP contribution in [0.15, 0.2) is 12.3 Å². The molecule has 0 aliphatic rings. The Morgan fingerprint density at radius 2 is 2.11 bits per heavy atom. The first-order valence-electron chi connectivity index (χ1n) is 5.19. The molecule has 0 saturated carbocycles. The Balaban J connectivity index is 2.71. The number of aryl methyl sites for hydroxylation is 1. The number of rotatable bonds is 2. The largest absolute Gasteiger partial charge is 0.397 e. The Hall–Kier alpha value is -2.08. The Morgan fingerprint density at radius 3 is 2.61 bits per heavy atom. The van der Waals surface area contributed by atoms with E-state index in [9.17, 15) is 4.79 Å². The van der Waals surface area contributed by atoms with Crippen molar-refractivity contribution in [3.05, 3.63) is 34.2 Å². The maximum Gasteiger partial charge on any atom is 0.252 e. The number of anilines is 1. The van der Waals surface area contributed by atoms with Crippen LogP contribution in [0.5, 0.6) is 0 Å². The van der Waals surface area contributed by atoms with Crippen LogP contribution in [0.25, 0.3) is 5.82 Å². The Kier molecular flexibility index (Phi) is 2.96. The smallest absolute Gasteiger partial charge is 0.252 e. The number of amides is 1. The minimum absolute atomic E-state index is 0.206. The summed E-state index contributed by atoms with van der Waals surface area (Å²) in [5.41, 5.74) is 12.8. The highest BCUT2D eigenvalue weighted by Crippen LogP contribution is 2.23. The van der Waals surface area contributed by atoms with E-state index < -0.39 is 5.91 Å². The minimum atomic E-state index is -0.617. The van der Waals surface area contributed by atoms with Crippen LogP contribution in [0.4, 0.5) is 5.69 Å². The number of primary amides is 1. The third-order valence-corrected chi connectivity index (χ3v) is 3.10. The van der Waals surface area contributed by atoms with Gasteiger partial charge in [-0.05, 0) is 19.9 Å². The van der Waals surface area contributed by atoms with Crippen LogP contribution in [0.2, 0.25) is 5.02 Å². The predicted octanol–water partition coefficient (Wildman–Crippen LogP) is 1.22. The van der Waals surface area contributed by atoms with Gasteiger partial charge >= 0.3 is 0 Å². The summed E-state index contributed by atoms with van der Waals surface area (Å²) in [5.74, 6) is -0.294. The molecule has 1 amide bonds. The highest BCUT2D eigenvalue weighted by Gasteiger charge is 2.17. The van der Waals surface area contributed by atoms with E-state index in [1.54, 1.807) is 13.8 Å². The fourth-order valence-electron chi connectivity index (χ4n) is 1.65. The molecular formula is C11H12ClN5O. The molecule has 0 bridgehead atoms. The topological polar surface area (TPSA) is 99.8 Å². The van der Waals surface area contributed by atoms with Gasteiger partial charge in [-0.3, -0.25) is 4.79 Å².